The van der Waals surface area contributed by atoms with E-state index in [0.717, 1.165) is 21.3 Å². The second kappa shape index (κ2) is 7.56. The van der Waals surface area contributed by atoms with Gasteiger partial charge in [0.25, 0.3) is 5.91 Å². The van der Waals surface area contributed by atoms with E-state index in [0.29, 0.717) is 12.2 Å². The number of carbonyl (C=O) groups excluding carboxylic acids is 1. The second-order valence-electron chi connectivity index (χ2n) is 5.47. The van der Waals surface area contributed by atoms with E-state index in [2.05, 4.69) is 21.2 Å². The Bertz CT molecular complexity index is 651. The van der Waals surface area contributed by atoms with Gasteiger partial charge < -0.3 is 10.1 Å². The molecule has 2 rings (SSSR count). The van der Waals surface area contributed by atoms with Crippen molar-refractivity contribution in [1.82, 2.24) is 0 Å². The van der Waals surface area contributed by atoms with Crippen LogP contribution in [0.5, 0.6) is 0 Å². The van der Waals surface area contributed by atoms with Crippen molar-refractivity contribution in [2.45, 2.75) is 33.5 Å². The largest absolute Gasteiger partial charge is 0.374 e. The smallest absolute Gasteiger partial charge is 0.255 e. The first kappa shape index (κ1) is 16.7. The molecule has 0 heterocycles. The number of hydrogen-bond acceptors (Lipinski definition) is 2. The van der Waals surface area contributed by atoms with Crippen LogP contribution in [0.4, 0.5) is 5.69 Å². The van der Waals surface area contributed by atoms with Gasteiger partial charge in [0, 0.05) is 15.7 Å². The summed E-state index contributed by atoms with van der Waals surface area (Å²) in [6.07, 6.45) is 0.198. The maximum atomic E-state index is 12.3. The number of rotatable bonds is 5. The lowest BCUT2D eigenvalue weighted by molar-refractivity contribution is 0.0657. The van der Waals surface area contributed by atoms with Crippen molar-refractivity contribution in [3.63, 3.8) is 0 Å². The number of nitrogens with one attached hydrogen (secondary N) is 1. The summed E-state index contributed by atoms with van der Waals surface area (Å²) < 4.78 is 6.54. The molecular weight excluding hydrogens is 342 g/mol. The third kappa shape index (κ3) is 4.68. The highest BCUT2D eigenvalue weighted by atomic mass is 79.9. The maximum Gasteiger partial charge on any atom is 0.255 e. The zero-order chi connectivity index (χ0) is 16.1. The molecule has 0 fully saturated rings. The van der Waals surface area contributed by atoms with Crippen LogP contribution in [0.1, 0.15) is 35.3 Å². The van der Waals surface area contributed by atoms with Crippen LogP contribution in [0.25, 0.3) is 0 Å². The van der Waals surface area contributed by atoms with E-state index >= 15 is 0 Å². The van der Waals surface area contributed by atoms with Gasteiger partial charge >= 0.3 is 0 Å². The molecule has 1 amide bonds. The van der Waals surface area contributed by atoms with Crippen molar-refractivity contribution >= 4 is 27.5 Å². The standard InChI is InChI=1S/C18H20BrNO2/c1-12(2)22-11-14-4-6-15(7-5-14)18(21)20-17-9-8-16(19)10-13(17)3/h4-10,12H,11H2,1-3H3,(H,20,21). The number of benzene rings is 2. The first-order valence-corrected chi connectivity index (χ1v) is 8.03. The number of carbonyl (C=O) groups is 1. The molecule has 3 nitrogen and oxygen atoms in total. The number of halogens is 1. The van der Waals surface area contributed by atoms with Crippen molar-refractivity contribution in [1.29, 1.82) is 0 Å². The molecule has 0 saturated heterocycles. The Morgan fingerprint density at radius 3 is 2.45 bits per heavy atom. The van der Waals surface area contributed by atoms with Gasteiger partial charge in [0.15, 0.2) is 0 Å². The fraction of sp³-hybridized carbons (Fsp3) is 0.278. The van der Waals surface area contributed by atoms with Crippen molar-refractivity contribution in [3.05, 3.63) is 63.6 Å². The molecule has 2 aromatic rings. The molecule has 0 atom stereocenters. The highest BCUT2D eigenvalue weighted by molar-refractivity contribution is 9.10. The van der Waals surface area contributed by atoms with Gasteiger partial charge in [-0.05, 0) is 62.2 Å². The van der Waals surface area contributed by atoms with Crippen LogP contribution in [0.3, 0.4) is 0 Å². The Kier molecular flexibility index (Phi) is 5.75. The van der Waals surface area contributed by atoms with Crippen LogP contribution in [-0.4, -0.2) is 12.0 Å². The molecule has 0 aliphatic carbocycles. The summed E-state index contributed by atoms with van der Waals surface area (Å²) >= 11 is 3.42. The van der Waals surface area contributed by atoms with E-state index in [1.165, 1.54) is 0 Å². The van der Waals surface area contributed by atoms with Gasteiger partial charge in [-0.25, -0.2) is 0 Å². The summed E-state index contributed by atoms with van der Waals surface area (Å²) in [5, 5.41) is 2.93. The van der Waals surface area contributed by atoms with Crippen LogP contribution < -0.4 is 5.32 Å². The third-order valence-electron chi connectivity index (χ3n) is 3.24. The molecular formula is C18H20BrNO2. The van der Waals surface area contributed by atoms with Crippen LogP contribution in [-0.2, 0) is 11.3 Å². The number of ether oxygens (including phenoxy) is 1. The molecule has 2 aromatic carbocycles. The van der Waals surface area contributed by atoms with Crippen LogP contribution in [0.15, 0.2) is 46.9 Å². The van der Waals surface area contributed by atoms with Crippen LogP contribution in [0.2, 0.25) is 0 Å². The molecule has 0 spiro atoms. The molecule has 22 heavy (non-hydrogen) atoms. The van der Waals surface area contributed by atoms with Gasteiger partial charge in [-0.3, -0.25) is 4.79 Å². The lowest BCUT2D eigenvalue weighted by Gasteiger charge is -2.10. The minimum atomic E-state index is -0.109. The average Bonchev–Trinajstić information content (AvgIpc) is 2.48. The van der Waals surface area contributed by atoms with E-state index in [1.54, 1.807) is 0 Å². The lowest BCUT2D eigenvalue weighted by atomic mass is 10.1. The summed E-state index contributed by atoms with van der Waals surface area (Å²) in [6.45, 7) is 6.53. The molecule has 0 unspecified atom stereocenters. The Morgan fingerprint density at radius 2 is 1.86 bits per heavy atom. The molecule has 116 valence electrons. The van der Waals surface area contributed by atoms with Gasteiger partial charge in [0.05, 0.1) is 12.7 Å². The SMILES string of the molecule is Cc1cc(Br)ccc1NC(=O)c1ccc(COC(C)C)cc1. The minimum absolute atomic E-state index is 0.109. The highest BCUT2D eigenvalue weighted by Crippen LogP contribution is 2.20. The summed E-state index contributed by atoms with van der Waals surface area (Å²) in [4.78, 5) is 12.3. The van der Waals surface area contributed by atoms with Crippen molar-refractivity contribution in [3.8, 4) is 0 Å². The van der Waals surface area contributed by atoms with Crippen molar-refractivity contribution in [2.75, 3.05) is 5.32 Å². The zero-order valence-electron chi connectivity index (χ0n) is 13.0. The molecule has 0 aromatic heterocycles. The van der Waals surface area contributed by atoms with Gasteiger partial charge in [0.1, 0.15) is 0 Å². The van der Waals surface area contributed by atoms with Crippen LogP contribution in [0, 0.1) is 6.92 Å². The fourth-order valence-electron chi connectivity index (χ4n) is 1.98. The van der Waals surface area contributed by atoms with E-state index in [9.17, 15) is 4.79 Å². The molecule has 1 N–H and O–H groups in total. The van der Waals surface area contributed by atoms with E-state index < -0.39 is 0 Å². The predicted molar refractivity (Wildman–Crippen MR) is 93.2 cm³/mol. The van der Waals surface area contributed by atoms with E-state index in [1.807, 2.05) is 63.2 Å². The van der Waals surface area contributed by atoms with Gasteiger partial charge in [-0.1, -0.05) is 28.1 Å². The number of amides is 1. The van der Waals surface area contributed by atoms with Crippen molar-refractivity contribution in [2.24, 2.45) is 0 Å². The lowest BCUT2D eigenvalue weighted by Crippen LogP contribution is -2.12. The Labute approximate surface area is 139 Å². The van der Waals surface area contributed by atoms with Crippen molar-refractivity contribution < 1.29 is 9.53 Å². The summed E-state index contributed by atoms with van der Waals surface area (Å²) in [6, 6.07) is 13.3. The minimum Gasteiger partial charge on any atom is -0.374 e. The van der Waals surface area contributed by atoms with E-state index in [4.69, 9.17) is 4.74 Å². The molecule has 0 aliphatic heterocycles. The predicted octanol–water partition coefficient (Wildman–Crippen LogP) is 4.93. The normalized spacial score (nSPS) is 10.8. The van der Waals surface area contributed by atoms with Gasteiger partial charge in [0.2, 0.25) is 0 Å². The number of aryl methyl sites for hydroxylation is 1. The van der Waals surface area contributed by atoms with Gasteiger partial charge in [-0.2, -0.15) is 0 Å². The third-order valence-corrected chi connectivity index (χ3v) is 3.73. The summed E-state index contributed by atoms with van der Waals surface area (Å²) in [5.74, 6) is -0.109. The zero-order valence-corrected chi connectivity index (χ0v) is 14.6. The first-order chi connectivity index (χ1) is 10.5. The highest BCUT2D eigenvalue weighted by Gasteiger charge is 2.08. The number of anilines is 1. The van der Waals surface area contributed by atoms with Crippen LogP contribution >= 0.6 is 15.9 Å². The first-order valence-electron chi connectivity index (χ1n) is 7.24. The molecule has 0 aliphatic rings. The summed E-state index contributed by atoms with van der Waals surface area (Å²) in [5.41, 5.74) is 3.53. The maximum absolute atomic E-state index is 12.3. The quantitative estimate of drug-likeness (QED) is 0.819. The molecule has 0 bridgehead atoms. The van der Waals surface area contributed by atoms with Gasteiger partial charge in [-0.15, -0.1) is 0 Å². The topological polar surface area (TPSA) is 38.3 Å². The van der Waals surface area contributed by atoms with E-state index in [-0.39, 0.29) is 12.0 Å². The average molecular weight is 362 g/mol. The monoisotopic (exact) mass is 361 g/mol. The Hall–Kier alpha value is -1.65. The number of hydrogen-bond donors (Lipinski definition) is 1. The molecule has 0 radical (unpaired) electrons. The Morgan fingerprint density at radius 1 is 1.18 bits per heavy atom. The fourth-order valence-corrected chi connectivity index (χ4v) is 2.45. The summed E-state index contributed by atoms with van der Waals surface area (Å²) in [7, 11) is 0. The second-order valence-corrected chi connectivity index (χ2v) is 6.39. The Balaban J connectivity index is 2.03. The molecule has 0 saturated carbocycles. The molecule has 4 heteroatoms.